The van der Waals surface area contributed by atoms with E-state index in [1.807, 2.05) is 0 Å². The molecule has 220 valence electrons. The van der Waals surface area contributed by atoms with Crippen LogP contribution in [0.15, 0.2) is 53.6 Å². The van der Waals surface area contributed by atoms with Crippen molar-refractivity contribution in [3.05, 3.63) is 77.6 Å². The van der Waals surface area contributed by atoms with E-state index >= 15 is 0 Å². The van der Waals surface area contributed by atoms with Crippen LogP contribution in [0.2, 0.25) is 0 Å². The Kier molecular flexibility index (Phi) is 6.86. The summed E-state index contributed by atoms with van der Waals surface area (Å²) in [5.41, 5.74) is -0.109. The lowest BCUT2D eigenvalue weighted by Crippen LogP contribution is -2.28. The van der Waals surface area contributed by atoms with Gasteiger partial charge < -0.3 is 9.84 Å². The van der Waals surface area contributed by atoms with Crippen molar-refractivity contribution in [2.24, 2.45) is 0 Å². The zero-order valence-corrected chi connectivity index (χ0v) is 22.8. The molecule has 1 aliphatic carbocycles. The molecule has 2 fully saturated rings. The number of hydrogen-bond acceptors (Lipinski definition) is 8. The van der Waals surface area contributed by atoms with Crippen LogP contribution in [0.4, 0.5) is 23.4 Å². The van der Waals surface area contributed by atoms with Crippen LogP contribution in [0.1, 0.15) is 48.0 Å². The van der Waals surface area contributed by atoms with Crippen molar-refractivity contribution in [3.63, 3.8) is 0 Å². The van der Waals surface area contributed by atoms with E-state index in [1.54, 1.807) is 35.5 Å². The van der Waals surface area contributed by atoms with Crippen LogP contribution >= 0.6 is 0 Å². The molecule has 1 unspecified atom stereocenters. The third kappa shape index (κ3) is 5.65. The number of carbonyl (C=O) groups is 1. The van der Waals surface area contributed by atoms with Gasteiger partial charge in [0.25, 0.3) is 0 Å². The molecule has 6 rings (SSSR count). The van der Waals surface area contributed by atoms with Crippen molar-refractivity contribution < 1.29 is 35.3 Å². The van der Waals surface area contributed by atoms with Crippen molar-refractivity contribution >= 4 is 21.6 Å². The summed E-state index contributed by atoms with van der Waals surface area (Å²) in [5.74, 6) is -1.10. The maximum Gasteiger partial charge on any atom is 0.401 e. The summed E-state index contributed by atoms with van der Waals surface area (Å²) in [6.07, 6.45) is 2.40. The Bertz CT molecular complexity index is 1750. The topological polar surface area (TPSA) is 133 Å². The molecule has 1 aromatic carbocycles. The zero-order valence-electron chi connectivity index (χ0n) is 21.9. The average Bonchev–Trinajstić information content (AvgIpc) is 3.22. The Hall–Kier alpha value is -4.14. The fourth-order valence-corrected chi connectivity index (χ4v) is 6.72. The molecule has 1 saturated heterocycles. The first kappa shape index (κ1) is 28.0. The lowest BCUT2D eigenvalue weighted by molar-refractivity contribution is -0.165. The Morgan fingerprint density at radius 3 is 2.52 bits per heavy atom. The van der Waals surface area contributed by atoms with E-state index in [4.69, 9.17) is 4.52 Å². The maximum atomic E-state index is 14.9. The highest BCUT2D eigenvalue weighted by Gasteiger charge is 2.66. The van der Waals surface area contributed by atoms with Crippen molar-refractivity contribution in [1.82, 2.24) is 24.9 Å². The van der Waals surface area contributed by atoms with Crippen molar-refractivity contribution in [3.8, 4) is 11.1 Å². The second kappa shape index (κ2) is 10.3. The predicted molar refractivity (Wildman–Crippen MR) is 141 cm³/mol. The van der Waals surface area contributed by atoms with E-state index in [-0.39, 0.29) is 54.0 Å². The van der Waals surface area contributed by atoms with Crippen molar-refractivity contribution in [2.45, 2.75) is 49.7 Å². The normalized spacial score (nSPS) is 19.1. The van der Waals surface area contributed by atoms with Gasteiger partial charge in [-0.25, -0.2) is 22.8 Å². The first-order valence-electron chi connectivity index (χ1n) is 13.1. The van der Waals surface area contributed by atoms with Gasteiger partial charge in [-0.15, -0.1) is 0 Å². The second-order valence-corrected chi connectivity index (χ2v) is 12.9. The highest BCUT2D eigenvalue weighted by Crippen LogP contribution is 2.59. The van der Waals surface area contributed by atoms with Crippen LogP contribution in [0.3, 0.4) is 0 Å². The summed E-state index contributed by atoms with van der Waals surface area (Å²) in [5, 5.41) is 10.1. The van der Waals surface area contributed by atoms with Gasteiger partial charge in [0.15, 0.2) is 21.4 Å². The molecule has 1 amide bonds. The van der Waals surface area contributed by atoms with Gasteiger partial charge in [0.1, 0.15) is 17.1 Å². The molecule has 15 heteroatoms. The minimum Gasteiger partial charge on any atom is -0.358 e. The summed E-state index contributed by atoms with van der Waals surface area (Å²) in [4.78, 5) is 21.1. The molecule has 1 N–H and O–H groups in total. The number of aromatic nitrogens is 5. The number of nitrogens with zero attached hydrogens (tertiary/aromatic N) is 5. The summed E-state index contributed by atoms with van der Waals surface area (Å²) < 4.78 is 84.6. The number of halogens is 4. The fraction of sp³-hybridized carbons (Fsp3) is 0.370. The van der Waals surface area contributed by atoms with Crippen molar-refractivity contribution in [2.75, 3.05) is 16.8 Å². The SMILES string of the molecule is O=C(Cc1ccc(-c2cnc(Cc3cnn(C4CCS(=O)(=O)C4)c3)nc2)cc1F)Nc1cc(C2(C(F)(F)F)CC2)on1. The van der Waals surface area contributed by atoms with E-state index < -0.39 is 33.2 Å². The first-order valence-corrected chi connectivity index (χ1v) is 14.9. The number of benzene rings is 1. The van der Waals surface area contributed by atoms with Crippen LogP contribution in [-0.2, 0) is 32.9 Å². The molecule has 1 saturated carbocycles. The van der Waals surface area contributed by atoms with E-state index in [9.17, 15) is 30.8 Å². The minimum atomic E-state index is -4.47. The Labute approximate surface area is 237 Å². The largest absolute Gasteiger partial charge is 0.401 e. The average molecular weight is 605 g/mol. The molecule has 0 radical (unpaired) electrons. The molecule has 3 aromatic heterocycles. The minimum absolute atomic E-state index is 0.0771. The summed E-state index contributed by atoms with van der Waals surface area (Å²) in [7, 11) is -3.02. The van der Waals surface area contributed by atoms with E-state index in [0.29, 0.717) is 29.8 Å². The predicted octanol–water partition coefficient (Wildman–Crippen LogP) is 4.19. The number of nitrogens with one attached hydrogen (secondary N) is 1. The first-order chi connectivity index (χ1) is 19.9. The Morgan fingerprint density at radius 2 is 1.88 bits per heavy atom. The van der Waals surface area contributed by atoms with Crippen LogP contribution < -0.4 is 5.32 Å². The summed E-state index contributed by atoms with van der Waals surface area (Å²) in [6.45, 7) is 0. The molecule has 1 atom stereocenters. The highest BCUT2D eigenvalue weighted by atomic mass is 32.2. The molecular weight excluding hydrogens is 580 g/mol. The molecule has 0 bridgehead atoms. The van der Waals surface area contributed by atoms with Gasteiger partial charge in [0.2, 0.25) is 5.91 Å². The molecule has 42 heavy (non-hydrogen) atoms. The number of hydrogen-bond donors (Lipinski definition) is 1. The number of amides is 1. The second-order valence-electron chi connectivity index (χ2n) is 10.6. The number of alkyl halides is 3. The van der Waals surface area contributed by atoms with Gasteiger partial charge in [-0.2, -0.15) is 18.3 Å². The summed E-state index contributed by atoms with van der Waals surface area (Å²) >= 11 is 0. The number of carbonyl (C=O) groups excluding carboxylic acids is 1. The lowest BCUT2D eigenvalue weighted by Gasteiger charge is -2.14. The molecule has 1 aliphatic heterocycles. The van der Waals surface area contributed by atoms with Gasteiger partial charge in [-0.05, 0) is 42.0 Å². The number of sulfone groups is 1. The van der Waals surface area contributed by atoms with Gasteiger partial charge in [-0.1, -0.05) is 17.3 Å². The maximum absolute atomic E-state index is 14.9. The highest BCUT2D eigenvalue weighted by molar-refractivity contribution is 7.91. The molecule has 4 aromatic rings. The molecule has 4 heterocycles. The Balaban J connectivity index is 1.06. The van der Waals surface area contributed by atoms with Gasteiger partial charge in [-0.3, -0.25) is 9.48 Å². The Morgan fingerprint density at radius 1 is 1.12 bits per heavy atom. The molecular formula is C27H24F4N6O4S. The zero-order chi connectivity index (χ0) is 29.7. The third-order valence-corrected chi connectivity index (χ3v) is 9.33. The fourth-order valence-electron chi connectivity index (χ4n) is 5.01. The number of anilines is 1. The molecule has 10 nitrogen and oxygen atoms in total. The monoisotopic (exact) mass is 604 g/mol. The van der Waals surface area contributed by atoms with E-state index in [2.05, 4.69) is 25.5 Å². The quantitative estimate of drug-likeness (QED) is 0.296. The van der Waals surface area contributed by atoms with E-state index in [0.717, 1.165) is 11.6 Å². The van der Waals surface area contributed by atoms with Crippen LogP contribution in [0.25, 0.3) is 11.1 Å². The standard InChI is InChI=1S/C27H24F4N6O4S/c28-21-8-17(1-2-18(21)9-25(38)35-24-10-22(41-36-24)26(4-5-26)27(29,30)31)19-12-32-23(33-13-19)7-16-11-34-37(14-16)20-3-6-42(39,40)15-20/h1-2,8,10-14,20H,3-7,9,15H2,(H,35,36,38). The number of rotatable bonds is 8. The van der Waals surface area contributed by atoms with Gasteiger partial charge >= 0.3 is 6.18 Å². The van der Waals surface area contributed by atoms with Crippen LogP contribution in [-0.4, -0.2) is 56.9 Å². The summed E-state index contributed by atoms with van der Waals surface area (Å²) in [6, 6.07) is 5.17. The lowest BCUT2D eigenvalue weighted by atomic mass is 10.0. The van der Waals surface area contributed by atoms with Crippen molar-refractivity contribution in [1.29, 1.82) is 0 Å². The van der Waals surface area contributed by atoms with Gasteiger partial charge in [0, 0.05) is 36.6 Å². The van der Waals surface area contributed by atoms with Crippen LogP contribution in [0.5, 0.6) is 0 Å². The third-order valence-electron chi connectivity index (χ3n) is 7.58. The van der Waals surface area contributed by atoms with Crippen LogP contribution in [0, 0.1) is 5.82 Å². The molecule has 2 aliphatic rings. The smallest absolute Gasteiger partial charge is 0.358 e. The van der Waals surface area contributed by atoms with E-state index in [1.165, 1.54) is 12.1 Å². The molecule has 0 spiro atoms. The van der Waals surface area contributed by atoms with Gasteiger partial charge in [0.05, 0.1) is 30.2 Å².